The molecule has 0 bridgehead atoms. The largest absolute Gasteiger partial charge is 0.496 e. The molecule has 0 aliphatic carbocycles. The first kappa shape index (κ1) is 14.7. The van der Waals surface area contributed by atoms with Crippen molar-refractivity contribution in [2.75, 3.05) is 7.11 Å². The number of rotatable bonds is 3. The molecule has 0 atom stereocenters. The van der Waals surface area contributed by atoms with Crippen molar-refractivity contribution in [3.05, 3.63) is 63.1 Å². The van der Waals surface area contributed by atoms with Crippen LogP contribution in [-0.2, 0) is 0 Å². The van der Waals surface area contributed by atoms with Crippen LogP contribution in [-0.4, -0.2) is 12.9 Å². The lowest BCUT2D eigenvalue weighted by molar-refractivity contribution is 0.103. The van der Waals surface area contributed by atoms with E-state index in [1.807, 2.05) is 0 Å². The average Bonchev–Trinajstić information content (AvgIpc) is 2.42. The highest BCUT2D eigenvalue weighted by molar-refractivity contribution is 9.10. The van der Waals surface area contributed by atoms with Gasteiger partial charge in [0.25, 0.3) is 0 Å². The van der Waals surface area contributed by atoms with Gasteiger partial charge in [-0.25, -0.2) is 8.78 Å². The fraction of sp³-hybridized carbons (Fsp3) is 0.133. The molecule has 0 fully saturated rings. The predicted molar refractivity (Wildman–Crippen MR) is 75.2 cm³/mol. The number of ether oxygens (including phenoxy) is 1. The Bertz CT molecular complexity index is 684. The normalized spacial score (nSPS) is 10.4. The van der Waals surface area contributed by atoms with Crippen LogP contribution in [0.15, 0.2) is 34.8 Å². The molecular formula is C15H11BrF2O2. The molecule has 2 aromatic rings. The van der Waals surface area contributed by atoms with Crippen molar-refractivity contribution in [1.82, 2.24) is 0 Å². The molecule has 104 valence electrons. The van der Waals surface area contributed by atoms with Crippen LogP contribution in [0, 0.1) is 18.6 Å². The van der Waals surface area contributed by atoms with Crippen LogP contribution in [0.1, 0.15) is 21.5 Å². The number of halogens is 3. The highest BCUT2D eigenvalue weighted by Gasteiger charge is 2.20. The first-order valence-corrected chi connectivity index (χ1v) is 6.57. The van der Waals surface area contributed by atoms with Crippen molar-refractivity contribution in [2.45, 2.75) is 6.92 Å². The summed E-state index contributed by atoms with van der Waals surface area (Å²) >= 11 is 2.87. The SMILES string of the molecule is COc1ccc(C)cc1C(=O)c1cc(F)c(Br)cc1F. The summed E-state index contributed by atoms with van der Waals surface area (Å²) in [6.45, 7) is 1.80. The fourth-order valence-electron chi connectivity index (χ4n) is 1.84. The van der Waals surface area contributed by atoms with Crippen LogP contribution in [0.25, 0.3) is 0 Å². The van der Waals surface area contributed by atoms with Crippen molar-refractivity contribution < 1.29 is 18.3 Å². The van der Waals surface area contributed by atoms with Gasteiger partial charge in [0.1, 0.15) is 17.4 Å². The minimum absolute atomic E-state index is 0.0252. The average molecular weight is 341 g/mol. The van der Waals surface area contributed by atoms with Crippen LogP contribution in [0.4, 0.5) is 8.78 Å². The minimum Gasteiger partial charge on any atom is -0.496 e. The Balaban J connectivity index is 2.57. The molecule has 0 aliphatic rings. The molecular weight excluding hydrogens is 330 g/mol. The van der Waals surface area contributed by atoms with Crippen LogP contribution < -0.4 is 4.74 Å². The Hall–Kier alpha value is -1.75. The number of aryl methyl sites for hydroxylation is 1. The maximum atomic E-state index is 13.8. The molecule has 20 heavy (non-hydrogen) atoms. The summed E-state index contributed by atoms with van der Waals surface area (Å²) in [7, 11) is 1.42. The Labute approximate surface area is 123 Å². The molecule has 0 aliphatic heterocycles. The first-order chi connectivity index (χ1) is 9.43. The van der Waals surface area contributed by atoms with E-state index in [1.165, 1.54) is 7.11 Å². The zero-order chi connectivity index (χ0) is 14.9. The van der Waals surface area contributed by atoms with E-state index in [9.17, 15) is 13.6 Å². The van der Waals surface area contributed by atoms with E-state index in [4.69, 9.17) is 4.74 Å². The summed E-state index contributed by atoms with van der Waals surface area (Å²) in [6.07, 6.45) is 0. The van der Waals surface area contributed by atoms with Gasteiger partial charge in [0.05, 0.1) is 22.7 Å². The Kier molecular flexibility index (Phi) is 4.18. The van der Waals surface area contributed by atoms with Gasteiger partial charge >= 0.3 is 0 Å². The van der Waals surface area contributed by atoms with E-state index in [2.05, 4.69) is 15.9 Å². The zero-order valence-electron chi connectivity index (χ0n) is 10.8. The van der Waals surface area contributed by atoms with Gasteiger partial charge in [-0.15, -0.1) is 0 Å². The third-order valence-electron chi connectivity index (χ3n) is 2.85. The molecule has 0 saturated heterocycles. The quantitative estimate of drug-likeness (QED) is 0.615. The Morgan fingerprint density at radius 2 is 1.80 bits per heavy atom. The number of hydrogen-bond acceptors (Lipinski definition) is 2. The predicted octanol–water partition coefficient (Wildman–Crippen LogP) is 4.28. The summed E-state index contributed by atoms with van der Waals surface area (Å²) < 4.78 is 32.4. The van der Waals surface area contributed by atoms with Gasteiger partial charge in [-0.2, -0.15) is 0 Å². The topological polar surface area (TPSA) is 26.3 Å². The maximum Gasteiger partial charge on any atom is 0.199 e. The summed E-state index contributed by atoms with van der Waals surface area (Å²) in [5.74, 6) is -1.77. The summed E-state index contributed by atoms with van der Waals surface area (Å²) in [5.41, 5.74) is 0.704. The van der Waals surface area contributed by atoms with E-state index in [-0.39, 0.29) is 15.6 Å². The molecule has 0 saturated carbocycles. The van der Waals surface area contributed by atoms with Gasteiger partial charge in [0.2, 0.25) is 0 Å². The second-order valence-corrected chi connectivity index (χ2v) is 5.13. The third kappa shape index (κ3) is 2.72. The van der Waals surface area contributed by atoms with E-state index < -0.39 is 17.4 Å². The molecule has 2 rings (SSSR count). The van der Waals surface area contributed by atoms with Crippen molar-refractivity contribution >= 4 is 21.7 Å². The number of carbonyl (C=O) groups excluding carboxylic acids is 1. The van der Waals surface area contributed by atoms with Gasteiger partial charge in [-0.1, -0.05) is 11.6 Å². The first-order valence-electron chi connectivity index (χ1n) is 5.78. The van der Waals surface area contributed by atoms with Crippen LogP contribution in [0.2, 0.25) is 0 Å². The van der Waals surface area contributed by atoms with E-state index in [1.54, 1.807) is 25.1 Å². The van der Waals surface area contributed by atoms with Crippen LogP contribution in [0.5, 0.6) is 5.75 Å². The number of ketones is 1. The van der Waals surface area contributed by atoms with Gasteiger partial charge in [-0.05, 0) is 47.1 Å². The lowest BCUT2D eigenvalue weighted by Crippen LogP contribution is -2.07. The summed E-state index contributed by atoms with van der Waals surface area (Å²) in [4.78, 5) is 12.4. The summed E-state index contributed by atoms with van der Waals surface area (Å²) in [5, 5.41) is 0. The van der Waals surface area contributed by atoms with Crippen molar-refractivity contribution in [2.24, 2.45) is 0 Å². The van der Waals surface area contributed by atoms with Crippen molar-refractivity contribution in [3.63, 3.8) is 0 Å². The number of methoxy groups -OCH3 is 1. The number of benzene rings is 2. The number of hydrogen-bond donors (Lipinski definition) is 0. The zero-order valence-corrected chi connectivity index (χ0v) is 12.4. The van der Waals surface area contributed by atoms with Crippen LogP contribution in [0.3, 0.4) is 0 Å². The minimum atomic E-state index is -0.785. The molecule has 0 heterocycles. The second-order valence-electron chi connectivity index (χ2n) is 4.28. The molecule has 2 nitrogen and oxygen atoms in total. The molecule has 0 unspecified atom stereocenters. The molecule has 0 amide bonds. The maximum absolute atomic E-state index is 13.8. The molecule has 0 N–H and O–H groups in total. The lowest BCUT2D eigenvalue weighted by atomic mass is 10.00. The van der Waals surface area contributed by atoms with Crippen molar-refractivity contribution in [3.8, 4) is 5.75 Å². The Morgan fingerprint density at radius 3 is 2.45 bits per heavy atom. The molecule has 5 heteroatoms. The Morgan fingerprint density at radius 1 is 1.10 bits per heavy atom. The van der Waals surface area contributed by atoms with Gasteiger partial charge in [-0.3, -0.25) is 4.79 Å². The lowest BCUT2D eigenvalue weighted by Gasteiger charge is -2.10. The molecule has 0 radical (unpaired) electrons. The van der Waals surface area contributed by atoms with E-state index in [0.717, 1.165) is 17.7 Å². The van der Waals surface area contributed by atoms with Gasteiger partial charge in [0.15, 0.2) is 5.78 Å². The van der Waals surface area contributed by atoms with Crippen LogP contribution >= 0.6 is 15.9 Å². The summed E-state index contributed by atoms with van der Waals surface area (Å²) in [6, 6.07) is 6.79. The molecule has 0 spiro atoms. The van der Waals surface area contributed by atoms with E-state index in [0.29, 0.717) is 5.75 Å². The van der Waals surface area contributed by atoms with Crippen molar-refractivity contribution in [1.29, 1.82) is 0 Å². The third-order valence-corrected chi connectivity index (χ3v) is 3.46. The highest BCUT2D eigenvalue weighted by Crippen LogP contribution is 2.26. The van der Waals surface area contributed by atoms with Gasteiger partial charge < -0.3 is 4.74 Å². The fourth-order valence-corrected chi connectivity index (χ4v) is 2.16. The standard InChI is InChI=1S/C15H11BrF2O2/c1-8-3-4-14(20-2)10(5-8)15(19)9-6-13(18)11(16)7-12(9)17/h3-7H,1-2H3. The monoisotopic (exact) mass is 340 g/mol. The second kappa shape index (κ2) is 5.71. The van der Waals surface area contributed by atoms with E-state index >= 15 is 0 Å². The number of carbonyl (C=O) groups is 1. The molecule has 2 aromatic carbocycles. The molecule has 0 aromatic heterocycles. The van der Waals surface area contributed by atoms with Gasteiger partial charge in [0, 0.05) is 0 Å². The smallest absolute Gasteiger partial charge is 0.199 e. The highest BCUT2D eigenvalue weighted by atomic mass is 79.9.